The van der Waals surface area contributed by atoms with Crippen LogP contribution in [0.25, 0.3) is 0 Å². The lowest BCUT2D eigenvalue weighted by molar-refractivity contribution is -0.0299. The van der Waals surface area contributed by atoms with Crippen molar-refractivity contribution in [3.8, 4) is 0 Å². The third-order valence-electron chi connectivity index (χ3n) is 4.58. The molecule has 130 valence electrons. The molecule has 0 unspecified atom stereocenters. The molecular weight excluding hydrogens is 298 g/mol. The summed E-state index contributed by atoms with van der Waals surface area (Å²) < 4.78 is 6.16. The van der Waals surface area contributed by atoms with E-state index in [9.17, 15) is 5.11 Å². The number of aliphatic hydroxyl groups is 1. The van der Waals surface area contributed by atoms with Crippen molar-refractivity contribution in [1.29, 1.82) is 0 Å². The highest BCUT2D eigenvalue weighted by Crippen LogP contribution is 2.26. The van der Waals surface area contributed by atoms with E-state index in [2.05, 4.69) is 49.9 Å². The van der Waals surface area contributed by atoms with Crippen molar-refractivity contribution < 1.29 is 9.84 Å². The predicted octanol–water partition coefficient (Wildman–Crippen LogP) is 3.88. The lowest BCUT2D eigenvalue weighted by Gasteiger charge is -2.31. The lowest BCUT2D eigenvalue weighted by atomic mass is 10.0. The molecule has 0 aliphatic rings. The number of rotatable bonds is 9. The molecule has 2 atom stereocenters. The first-order chi connectivity index (χ1) is 11.7. The maximum atomic E-state index is 10.5. The Bertz CT molecular complexity index is 529. The van der Waals surface area contributed by atoms with E-state index in [0.717, 1.165) is 24.2 Å². The number of hydrogen-bond acceptors (Lipinski definition) is 3. The molecule has 0 aliphatic heterocycles. The van der Waals surface area contributed by atoms with E-state index < -0.39 is 6.10 Å². The Hall–Kier alpha value is -1.68. The van der Waals surface area contributed by atoms with E-state index in [1.807, 2.05) is 36.4 Å². The van der Waals surface area contributed by atoms with E-state index in [0.29, 0.717) is 6.61 Å². The van der Waals surface area contributed by atoms with Crippen LogP contribution in [0.15, 0.2) is 60.7 Å². The van der Waals surface area contributed by atoms with Crippen molar-refractivity contribution in [2.24, 2.45) is 0 Å². The van der Waals surface area contributed by atoms with E-state index >= 15 is 0 Å². The Labute approximate surface area is 145 Å². The minimum Gasteiger partial charge on any atom is -0.389 e. The van der Waals surface area contributed by atoms with Gasteiger partial charge >= 0.3 is 0 Å². The van der Waals surface area contributed by atoms with Crippen molar-refractivity contribution in [1.82, 2.24) is 4.90 Å². The number of likely N-dealkylation sites (N-methyl/N-ethyl adjacent to an activating group) is 1. The molecule has 0 saturated carbocycles. The Balaban J connectivity index is 2.09. The molecule has 0 amide bonds. The van der Waals surface area contributed by atoms with Gasteiger partial charge in [0.25, 0.3) is 0 Å². The van der Waals surface area contributed by atoms with Crippen LogP contribution in [-0.4, -0.2) is 41.8 Å². The molecule has 2 rings (SSSR count). The summed E-state index contributed by atoms with van der Waals surface area (Å²) in [5, 5.41) is 10.5. The zero-order valence-electron chi connectivity index (χ0n) is 14.9. The van der Waals surface area contributed by atoms with Gasteiger partial charge in [0, 0.05) is 6.04 Å². The Morgan fingerprint density at radius 1 is 0.875 bits per heavy atom. The van der Waals surface area contributed by atoms with Crippen LogP contribution in [0, 0.1) is 0 Å². The van der Waals surface area contributed by atoms with Crippen molar-refractivity contribution in [2.75, 3.05) is 19.7 Å². The number of nitrogens with zero attached hydrogens (tertiary/aromatic N) is 1. The van der Waals surface area contributed by atoms with Gasteiger partial charge in [-0.25, -0.2) is 0 Å². The van der Waals surface area contributed by atoms with Crippen LogP contribution in [0.1, 0.15) is 38.0 Å². The first-order valence-corrected chi connectivity index (χ1v) is 8.81. The standard InChI is InChI=1S/C21H29NO2/c1-4-22(5-2)17(3)20(23)16-24-21(18-12-8-6-9-13-18)19-14-10-7-11-15-19/h6-15,17,20-21,23H,4-5,16H2,1-3H3/t17-,20+/m1/s1. The van der Waals surface area contributed by atoms with Gasteiger partial charge in [-0.1, -0.05) is 74.5 Å². The average molecular weight is 327 g/mol. The molecule has 2 aromatic rings. The third-order valence-corrected chi connectivity index (χ3v) is 4.58. The smallest absolute Gasteiger partial charge is 0.108 e. The third kappa shape index (κ3) is 4.91. The minimum absolute atomic E-state index is 0.0761. The molecule has 3 nitrogen and oxygen atoms in total. The van der Waals surface area contributed by atoms with Gasteiger partial charge in [0.1, 0.15) is 6.10 Å². The summed E-state index contributed by atoms with van der Waals surface area (Å²) in [6.45, 7) is 8.45. The fourth-order valence-corrected chi connectivity index (χ4v) is 3.02. The monoisotopic (exact) mass is 327 g/mol. The van der Waals surface area contributed by atoms with Crippen molar-refractivity contribution in [3.05, 3.63) is 71.8 Å². The Morgan fingerprint density at radius 3 is 1.75 bits per heavy atom. The molecule has 0 heterocycles. The highest BCUT2D eigenvalue weighted by molar-refractivity contribution is 5.29. The van der Waals surface area contributed by atoms with Crippen molar-refractivity contribution in [3.63, 3.8) is 0 Å². The van der Waals surface area contributed by atoms with E-state index in [1.165, 1.54) is 0 Å². The van der Waals surface area contributed by atoms with Gasteiger partial charge in [0.2, 0.25) is 0 Å². The van der Waals surface area contributed by atoms with Crippen LogP contribution >= 0.6 is 0 Å². The van der Waals surface area contributed by atoms with Crippen LogP contribution in [0.4, 0.5) is 0 Å². The van der Waals surface area contributed by atoms with Crippen molar-refractivity contribution in [2.45, 2.75) is 39.0 Å². The van der Waals surface area contributed by atoms with Crippen LogP contribution in [0.5, 0.6) is 0 Å². The van der Waals surface area contributed by atoms with Gasteiger partial charge in [-0.2, -0.15) is 0 Å². The number of benzene rings is 2. The van der Waals surface area contributed by atoms with Gasteiger partial charge in [-0.15, -0.1) is 0 Å². The van der Waals surface area contributed by atoms with Gasteiger partial charge in [0.15, 0.2) is 0 Å². The molecule has 1 N–H and O–H groups in total. The zero-order chi connectivity index (χ0) is 17.4. The summed E-state index contributed by atoms with van der Waals surface area (Å²) >= 11 is 0. The fourth-order valence-electron chi connectivity index (χ4n) is 3.02. The molecule has 0 saturated heterocycles. The van der Waals surface area contributed by atoms with Gasteiger partial charge in [-0.3, -0.25) is 4.90 Å². The van der Waals surface area contributed by atoms with Crippen LogP contribution in [0.3, 0.4) is 0 Å². The zero-order valence-corrected chi connectivity index (χ0v) is 14.9. The molecule has 24 heavy (non-hydrogen) atoms. The molecule has 0 bridgehead atoms. The quantitative estimate of drug-likeness (QED) is 0.758. The van der Waals surface area contributed by atoms with E-state index in [-0.39, 0.29) is 12.1 Å². The maximum absolute atomic E-state index is 10.5. The lowest BCUT2D eigenvalue weighted by Crippen LogP contribution is -2.43. The Kier molecular flexibility index (Phi) is 7.44. The summed E-state index contributed by atoms with van der Waals surface area (Å²) in [5.74, 6) is 0. The van der Waals surface area contributed by atoms with E-state index in [1.54, 1.807) is 0 Å². The molecule has 0 radical (unpaired) electrons. The topological polar surface area (TPSA) is 32.7 Å². The minimum atomic E-state index is -0.514. The molecule has 3 heteroatoms. The van der Waals surface area contributed by atoms with E-state index in [4.69, 9.17) is 4.74 Å². The number of aliphatic hydroxyl groups excluding tert-OH is 1. The fraction of sp³-hybridized carbons (Fsp3) is 0.429. The van der Waals surface area contributed by atoms with Gasteiger partial charge in [0.05, 0.1) is 12.7 Å². The van der Waals surface area contributed by atoms with Crippen LogP contribution in [-0.2, 0) is 4.74 Å². The number of ether oxygens (including phenoxy) is 1. The molecule has 0 aromatic heterocycles. The van der Waals surface area contributed by atoms with Crippen LogP contribution < -0.4 is 0 Å². The highest BCUT2D eigenvalue weighted by atomic mass is 16.5. The van der Waals surface area contributed by atoms with Gasteiger partial charge in [-0.05, 0) is 31.1 Å². The number of hydrogen-bond donors (Lipinski definition) is 1. The first-order valence-electron chi connectivity index (χ1n) is 8.81. The second-order valence-corrected chi connectivity index (χ2v) is 6.06. The normalized spacial score (nSPS) is 14.1. The highest BCUT2D eigenvalue weighted by Gasteiger charge is 2.22. The SMILES string of the molecule is CCN(CC)[C@H](C)[C@@H](O)COC(c1ccccc1)c1ccccc1. The summed E-state index contributed by atoms with van der Waals surface area (Å²) in [5.41, 5.74) is 2.21. The van der Waals surface area contributed by atoms with Crippen LogP contribution in [0.2, 0.25) is 0 Å². The van der Waals surface area contributed by atoms with Crippen molar-refractivity contribution >= 4 is 0 Å². The Morgan fingerprint density at radius 2 is 1.33 bits per heavy atom. The first kappa shape index (κ1) is 18.7. The summed E-state index contributed by atoms with van der Waals surface area (Å²) in [4.78, 5) is 2.24. The second kappa shape index (κ2) is 9.58. The molecule has 0 fully saturated rings. The summed E-state index contributed by atoms with van der Waals surface area (Å²) in [6, 6.07) is 20.4. The molecular formula is C21H29NO2. The summed E-state index contributed by atoms with van der Waals surface area (Å²) in [7, 11) is 0. The summed E-state index contributed by atoms with van der Waals surface area (Å²) in [6.07, 6.45) is -0.675. The largest absolute Gasteiger partial charge is 0.389 e. The molecule has 2 aromatic carbocycles. The predicted molar refractivity (Wildman–Crippen MR) is 99.1 cm³/mol. The second-order valence-electron chi connectivity index (χ2n) is 6.06. The van der Waals surface area contributed by atoms with Gasteiger partial charge < -0.3 is 9.84 Å². The maximum Gasteiger partial charge on any atom is 0.108 e. The molecule has 0 aliphatic carbocycles. The molecule has 0 spiro atoms. The average Bonchev–Trinajstić information content (AvgIpc) is 2.64.